The second-order valence-electron chi connectivity index (χ2n) is 6.15. The molecule has 0 spiro atoms. The molecule has 8 heteroatoms. The first-order valence-corrected chi connectivity index (χ1v) is 9.56. The first kappa shape index (κ1) is 20.9. The monoisotopic (exact) mass is 407 g/mol. The third-order valence-corrected chi connectivity index (χ3v) is 4.03. The molecule has 0 aliphatic rings. The van der Waals surface area contributed by atoms with Gasteiger partial charge in [0.25, 0.3) is 0 Å². The van der Waals surface area contributed by atoms with Gasteiger partial charge in [-0.05, 0) is 50.2 Å². The molecule has 0 bridgehead atoms. The SMILES string of the molecule is CCOc1ccc(-c2noc(CCC(=O)Oc3ccc(C#N)cc3OCC)n2)cc1. The number of carbonyl (C=O) groups is 1. The third kappa shape index (κ3) is 5.35. The van der Waals surface area contributed by atoms with Gasteiger partial charge in [0.15, 0.2) is 11.5 Å². The van der Waals surface area contributed by atoms with Gasteiger partial charge in [-0.3, -0.25) is 4.79 Å². The fourth-order valence-electron chi connectivity index (χ4n) is 2.65. The molecule has 154 valence electrons. The number of nitrogens with zero attached hydrogens (tertiary/aromatic N) is 3. The average Bonchev–Trinajstić information content (AvgIpc) is 3.23. The van der Waals surface area contributed by atoms with Crippen LogP contribution in [0.3, 0.4) is 0 Å². The van der Waals surface area contributed by atoms with Crippen LogP contribution in [-0.4, -0.2) is 29.3 Å². The Kier molecular flexibility index (Phi) is 7.00. The zero-order valence-electron chi connectivity index (χ0n) is 16.8. The van der Waals surface area contributed by atoms with Crippen LogP contribution >= 0.6 is 0 Å². The number of aromatic nitrogens is 2. The minimum Gasteiger partial charge on any atom is -0.494 e. The Balaban J connectivity index is 1.59. The molecule has 1 aromatic heterocycles. The van der Waals surface area contributed by atoms with Crippen molar-refractivity contribution in [3.8, 4) is 34.7 Å². The molecule has 0 saturated heterocycles. The van der Waals surface area contributed by atoms with Gasteiger partial charge in [0, 0.05) is 18.1 Å². The Morgan fingerprint density at radius 2 is 1.83 bits per heavy atom. The number of ether oxygens (including phenoxy) is 3. The molecule has 0 saturated carbocycles. The van der Waals surface area contributed by atoms with Crippen LogP contribution in [0.15, 0.2) is 47.0 Å². The highest BCUT2D eigenvalue weighted by Gasteiger charge is 2.14. The van der Waals surface area contributed by atoms with E-state index < -0.39 is 5.97 Å². The smallest absolute Gasteiger partial charge is 0.311 e. The van der Waals surface area contributed by atoms with Gasteiger partial charge in [-0.2, -0.15) is 10.2 Å². The summed E-state index contributed by atoms with van der Waals surface area (Å²) in [6, 6.07) is 14.0. The lowest BCUT2D eigenvalue weighted by atomic mass is 10.2. The number of esters is 1. The van der Waals surface area contributed by atoms with E-state index >= 15 is 0 Å². The molecule has 0 N–H and O–H groups in total. The van der Waals surface area contributed by atoms with Crippen molar-refractivity contribution in [2.75, 3.05) is 13.2 Å². The largest absolute Gasteiger partial charge is 0.494 e. The van der Waals surface area contributed by atoms with Gasteiger partial charge in [-0.25, -0.2) is 0 Å². The van der Waals surface area contributed by atoms with E-state index in [4.69, 9.17) is 24.0 Å². The van der Waals surface area contributed by atoms with Crippen LogP contribution in [0.2, 0.25) is 0 Å². The van der Waals surface area contributed by atoms with E-state index in [1.807, 2.05) is 44.2 Å². The predicted octanol–water partition coefficient (Wildman–Crippen LogP) is 3.94. The number of hydrogen-bond acceptors (Lipinski definition) is 8. The molecule has 0 aliphatic heterocycles. The van der Waals surface area contributed by atoms with Gasteiger partial charge in [-0.15, -0.1) is 0 Å². The van der Waals surface area contributed by atoms with E-state index in [-0.39, 0.29) is 18.6 Å². The van der Waals surface area contributed by atoms with Gasteiger partial charge in [0.1, 0.15) is 5.75 Å². The highest BCUT2D eigenvalue weighted by atomic mass is 16.6. The molecular formula is C22H21N3O5. The fourth-order valence-corrected chi connectivity index (χ4v) is 2.65. The number of carbonyl (C=O) groups excluding carboxylic acids is 1. The summed E-state index contributed by atoms with van der Waals surface area (Å²) < 4.78 is 21.5. The normalized spacial score (nSPS) is 10.3. The lowest BCUT2D eigenvalue weighted by Gasteiger charge is -2.10. The van der Waals surface area contributed by atoms with Crippen LogP contribution in [0.4, 0.5) is 0 Å². The van der Waals surface area contributed by atoms with Crippen LogP contribution in [0.1, 0.15) is 31.7 Å². The summed E-state index contributed by atoms with van der Waals surface area (Å²) >= 11 is 0. The lowest BCUT2D eigenvalue weighted by molar-refractivity contribution is -0.134. The molecule has 0 amide bonds. The summed E-state index contributed by atoms with van der Waals surface area (Å²) in [5.74, 6) is 1.68. The zero-order chi connectivity index (χ0) is 21.3. The maximum Gasteiger partial charge on any atom is 0.311 e. The molecule has 0 fully saturated rings. The molecule has 3 rings (SSSR count). The van der Waals surface area contributed by atoms with E-state index in [1.54, 1.807) is 6.07 Å². The highest BCUT2D eigenvalue weighted by Crippen LogP contribution is 2.29. The topological polar surface area (TPSA) is 107 Å². The Morgan fingerprint density at radius 1 is 1.07 bits per heavy atom. The number of benzene rings is 2. The van der Waals surface area contributed by atoms with Crippen molar-refractivity contribution in [1.29, 1.82) is 5.26 Å². The molecule has 8 nitrogen and oxygen atoms in total. The summed E-state index contributed by atoms with van der Waals surface area (Å²) in [5, 5.41) is 12.9. The Bertz CT molecular complexity index is 1040. The number of nitriles is 1. The summed E-state index contributed by atoms with van der Waals surface area (Å²) in [6.07, 6.45) is 0.291. The standard InChI is InChI=1S/C22H21N3O5/c1-3-27-17-8-6-16(7-9-17)22-24-20(30-25-22)11-12-21(26)29-18-10-5-15(14-23)13-19(18)28-4-2/h5-10,13H,3-4,11-12H2,1-2H3. The van der Waals surface area contributed by atoms with Crippen LogP contribution in [0.5, 0.6) is 17.2 Å². The summed E-state index contributed by atoms with van der Waals surface area (Å²) in [5.41, 5.74) is 1.21. The maximum absolute atomic E-state index is 12.2. The molecule has 30 heavy (non-hydrogen) atoms. The highest BCUT2D eigenvalue weighted by molar-refractivity contribution is 5.73. The maximum atomic E-state index is 12.2. The number of rotatable bonds is 9. The minimum atomic E-state index is -0.471. The zero-order valence-corrected chi connectivity index (χ0v) is 16.8. The van der Waals surface area contributed by atoms with Crippen molar-refractivity contribution >= 4 is 5.97 Å². The molecule has 0 atom stereocenters. The second-order valence-corrected chi connectivity index (χ2v) is 6.15. The van der Waals surface area contributed by atoms with Crippen molar-refractivity contribution in [3.05, 3.63) is 53.9 Å². The van der Waals surface area contributed by atoms with Crippen molar-refractivity contribution in [2.45, 2.75) is 26.7 Å². The number of aryl methyl sites for hydroxylation is 1. The Morgan fingerprint density at radius 3 is 2.53 bits per heavy atom. The molecule has 0 unspecified atom stereocenters. The Labute approximate surface area is 174 Å². The fraction of sp³-hybridized carbons (Fsp3) is 0.273. The van der Waals surface area contributed by atoms with E-state index in [0.717, 1.165) is 11.3 Å². The summed E-state index contributed by atoms with van der Waals surface area (Å²) in [4.78, 5) is 16.5. The van der Waals surface area contributed by atoms with E-state index in [2.05, 4.69) is 10.1 Å². The predicted molar refractivity (Wildman–Crippen MR) is 107 cm³/mol. The second kappa shape index (κ2) is 10.1. The van der Waals surface area contributed by atoms with Crippen molar-refractivity contribution in [3.63, 3.8) is 0 Å². The van der Waals surface area contributed by atoms with Crippen LogP contribution in [0.25, 0.3) is 11.4 Å². The third-order valence-electron chi connectivity index (χ3n) is 4.03. The molecule has 0 aliphatic carbocycles. The lowest BCUT2D eigenvalue weighted by Crippen LogP contribution is -2.10. The van der Waals surface area contributed by atoms with Gasteiger partial charge in [0.2, 0.25) is 11.7 Å². The molecule has 0 radical (unpaired) electrons. The first-order chi connectivity index (χ1) is 14.6. The van der Waals surface area contributed by atoms with Crippen molar-refractivity contribution < 1.29 is 23.5 Å². The van der Waals surface area contributed by atoms with Gasteiger partial charge in [-0.1, -0.05) is 5.16 Å². The van der Waals surface area contributed by atoms with E-state index in [0.29, 0.717) is 36.2 Å². The minimum absolute atomic E-state index is 0.0521. The van der Waals surface area contributed by atoms with Crippen LogP contribution < -0.4 is 14.2 Å². The summed E-state index contributed by atoms with van der Waals surface area (Å²) in [7, 11) is 0. The van der Waals surface area contributed by atoms with Crippen LogP contribution in [-0.2, 0) is 11.2 Å². The van der Waals surface area contributed by atoms with E-state index in [9.17, 15) is 4.79 Å². The molecular weight excluding hydrogens is 386 g/mol. The molecule has 1 heterocycles. The first-order valence-electron chi connectivity index (χ1n) is 9.56. The molecule has 3 aromatic rings. The van der Waals surface area contributed by atoms with Gasteiger partial charge in [0.05, 0.1) is 31.3 Å². The number of hydrogen-bond donors (Lipinski definition) is 0. The van der Waals surface area contributed by atoms with Crippen molar-refractivity contribution in [1.82, 2.24) is 10.1 Å². The van der Waals surface area contributed by atoms with Gasteiger partial charge >= 0.3 is 5.97 Å². The van der Waals surface area contributed by atoms with Crippen molar-refractivity contribution in [2.24, 2.45) is 0 Å². The quantitative estimate of drug-likeness (QED) is 0.388. The Hall–Kier alpha value is -3.86. The molecule has 2 aromatic carbocycles. The van der Waals surface area contributed by atoms with Crippen LogP contribution in [0, 0.1) is 11.3 Å². The average molecular weight is 407 g/mol. The van der Waals surface area contributed by atoms with E-state index in [1.165, 1.54) is 12.1 Å². The summed E-state index contributed by atoms with van der Waals surface area (Å²) in [6.45, 7) is 4.71. The van der Waals surface area contributed by atoms with Gasteiger partial charge < -0.3 is 18.7 Å².